The Labute approximate surface area is 110 Å². The third-order valence-corrected chi connectivity index (χ3v) is 2.89. The summed E-state index contributed by atoms with van der Waals surface area (Å²) in [5.74, 6) is 1.50. The van der Waals surface area contributed by atoms with Crippen LogP contribution < -0.4 is 9.47 Å². The quantitative estimate of drug-likeness (QED) is 0.740. The van der Waals surface area contributed by atoms with Gasteiger partial charge in [-0.1, -0.05) is 6.07 Å². The van der Waals surface area contributed by atoms with Crippen molar-refractivity contribution in [1.29, 1.82) is 0 Å². The Hall–Kier alpha value is -0.980. The molecule has 0 saturated carbocycles. The predicted octanol–water partition coefficient (Wildman–Crippen LogP) is 1.82. The van der Waals surface area contributed by atoms with Crippen LogP contribution in [0.3, 0.4) is 0 Å². The predicted molar refractivity (Wildman–Crippen MR) is 73.0 cm³/mol. The molecule has 0 fully saturated rings. The van der Waals surface area contributed by atoms with Crippen LogP contribution in [-0.2, 0) is 27.7 Å². The summed E-state index contributed by atoms with van der Waals surface area (Å²) in [4.78, 5) is 0. The van der Waals surface area contributed by atoms with E-state index in [9.17, 15) is 0 Å². The smallest absolute Gasteiger partial charge is 0.160 e. The Morgan fingerprint density at radius 3 is 2.59 bits per heavy atom. The zero-order valence-corrected chi connectivity index (χ0v) is 11.8. The lowest BCUT2D eigenvalue weighted by Gasteiger charge is -2.11. The maximum atomic E-state index is 5.25. The van der Waals surface area contributed by atoms with E-state index >= 15 is 0 Å². The van der Waals surface area contributed by atoms with Crippen molar-refractivity contribution in [2.75, 3.05) is 27.8 Å². The molecule has 0 atom stereocenters. The molecule has 1 aromatic carbocycles. The molecule has 0 bridgehead atoms. The molecule has 0 aromatic heterocycles. The standard InChI is InChI=1S/C11H16N2O2S2/c1-13(12-17-16)7-6-9-4-5-10(14-2)11(8-9)15-3/h4-5,8H,6-7H2,1-3H3. The topological polar surface area (TPSA) is 34.1 Å². The largest absolute Gasteiger partial charge is 0.493 e. The first-order valence-corrected chi connectivity index (χ1v) is 6.83. The summed E-state index contributed by atoms with van der Waals surface area (Å²) >= 11 is 4.70. The molecule has 0 amide bonds. The molecule has 0 unspecified atom stereocenters. The molecule has 0 aliphatic carbocycles. The zero-order chi connectivity index (χ0) is 12.7. The molecule has 0 spiro atoms. The lowest BCUT2D eigenvalue weighted by Crippen LogP contribution is -2.13. The third kappa shape index (κ3) is 4.41. The fourth-order valence-corrected chi connectivity index (χ4v) is 1.96. The molecule has 0 aliphatic rings. The van der Waals surface area contributed by atoms with Gasteiger partial charge in [0, 0.05) is 34.9 Å². The summed E-state index contributed by atoms with van der Waals surface area (Å²) in [5, 5.41) is 1.83. The highest BCUT2D eigenvalue weighted by Crippen LogP contribution is 2.27. The van der Waals surface area contributed by atoms with E-state index < -0.39 is 0 Å². The van der Waals surface area contributed by atoms with Crippen molar-refractivity contribution in [3.63, 3.8) is 0 Å². The molecule has 0 saturated heterocycles. The molecule has 0 N–H and O–H groups in total. The second-order valence-corrected chi connectivity index (χ2v) is 4.24. The van der Waals surface area contributed by atoms with Crippen LogP contribution in [0.5, 0.6) is 11.5 Å². The molecule has 94 valence electrons. The summed E-state index contributed by atoms with van der Waals surface area (Å²) in [6.07, 6.45) is 0.885. The highest BCUT2D eigenvalue weighted by molar-refractivity contribution is 8.12. The molecule has 6 heteroatoms. The van der Waals surface area contributed by atoms with Crippen LogP contribution in [0.25, 0.3) is 0 Å². The number of likely N-dealkylation sites (N-methyl/N-ethyl adjacent to an activating group) is 1. The van der Waals surface area contributed by atoms with Crippen LogP contribution in [0.2, 0.25) is 0 Å². The van der Waals surface area contributed by atoms with Crippen LogP contribution in [-0.4, -0.2) is 32.8 Å². The lowest BCUT2D eigenvalue weighted by molar-refractivity contribution is 0.352. The van der Waals surface area contributed by atoms with E-state index in [-0.39, 0.29) is 0 Å². The minimum Gasteiger partial charge on any atom is -0.493 e. The molecule has 1 rings (SSSR count). The van der Waals surface area contributed by atoms with Gasteiger partial charge in [0.15, 0.2) is 11.5 Å². The van der Waals surface area contributed by atoms with Crippen LogP contribution >= 0.6 is 0 Å². The zero-order valence-electron chi connectivity index (χ0n) is 10.2. The first-order chi connectivity index (χ1) is 8.21. The maximum Gasteiger partial charge on any atom is 0.160 e. The van der Waals surface area contributed by atoms with E-state index in [1.165, 1.54) is 5.56 Å². The van der Waals surface area contributed by atoms with Gasteiger partial charge in [0.25, 0.3) is 0 Å². The molecule has 0 radical (unpaired) electrons. The number of methoxy groups -OCH3 is 2. The number of hydrogen-bond donors (Lipinski definition) is 0. The number of ether oxygens (including phenoxy) is 2. The normalized spacial score (nSPS) is 10.1. The summed E-state index contributed by atoms with van der Waals surface area (Å²) in [6, 6.07) is 5.91. The number of hydrogen-bond acceptors (Lipinski definition) is 4. The van der Waals surface area contributed by atoms with Gasteiger partial charge in [-0.3, -0.25) is 0 Å². The van der Waals surface area contributed by atoms with E-state index in [1.807, 2.05) is 30.3 Å². The van der Waals surface area contributed by atoms with Crippen LogP contribution in [0.4, 0.5) is 0 Å². The molecule has 4 nitrogen and oxygen atoms in total. The fraction of sp³-hybridized carbons (Fsp3) is 0.455. The van der Waals surface area contributed by atoms with Gasteiger partial charge in [0.05, 0.1) is 14.2 Å². The monoisotopic (exact) mass is 272 g/mol. The Morgan fingerprint density at radius 1 is 1.29 bits per heavy atom. The van der Waals surface area contributed by atoms with E-state index in [4.69, 9.17) is 20.7 Å². The van der Waals surface area contributed by atoms with Gasteiger partial charge in [0.2, 0.25) is 0 Å². The van der Waals surface area contributed by atoms with Gasteiger partial charge in [-0.2, -0.15) is 5.01 Å². The third-order valence-electron chi connectivity index (χ3n) is 2.34. The summed E-state index contributed by atoms with van der Waals surface area (Å²) in [5.41, 5.74) is 1.18. The lowest BCUT2D eigenvalue weighted by atomic mass is 10.1. The molecule has 1 aromatic rings. The van der Waals surface area contributed by atoms with Crippen molar-refractivity contribution in [3.05, 3.63) is 23.8 Å². The van der Waals surface area contributed by atoms with E-state index in [1.54, 1.807) is 14.2 Å². The van der Waals surface area contributed by atoms with Crippen molar-refractivity contribution in [1.82, 2.24) is 5.01 Å². The van der Waals surface area contributed by atoms with Crippen molar-refractivity contribution >= 4 is 21.3 Å². The number of benzene rings is 1. The van der Waals surface area contributed by atoms with Crippen molar-refractivity contribution in [2.24, 2.45) is 4.47 Å². The molecule has 0 aliphatic heterocycles. The van der Waals surface area contributed by atoms with Gasteiger partial charge >= 0.3 is 0 Å². The molecular weight excluding hydrogens is 256 g/mol. The van der Waals surface area contributed by atoms with Crippen molar-refractivity contribution < 1.29 is 9.47 Å². The highest BCUT2D eigenvalue weighted by Gasteiger charge is 2.05. The van der Waals surface area contributed by atoms with E-state index in [2.05, 4.69) is 4.47 Å². The first kappa shape index (κ1) is 14.1. The Balaban J connectivity index is 2.69. The van der Waals surface area contributed by atoms with Crippen molar-refractivity contribution in [2.45, 2.75) is 6.42 Å². The molecule has 0 heterocycles. The second-order valence-electron chi connectivity index (χ2n) is 3.48. The summed E-state index contributed by atoms with van der Waals surface area (Å²) < 4.78 is 14.5. The molecular formula is C11H16N2O2S2. The van der Waals surface area contributed by atoms with Crippen LogP contribution in [0.1, 0.15) is 5.56 Å². The van der Waals surface area contributed by atoms with E-state index in [0.29, 0.717) is 0 Å². The SMILES string of the molecule is COc1ccc(CCN(C)N=S=S)cc1OC. The van der Waals surface area contributed by atoms with Crippen molar-refractivity contribution in [3.8, 4) is 11.5 Å². The summed E-state index contributed by atoms with van der Waals surface area (Å²) in [6.45, 7) is 0.819. The Kier molecular flexibility index (Phi) is 6.10. The van der Waals surface area contributed by atoms with Crippen LogP contribution in [0, 0.1) is 0 Å². The second kappa shape index (κ2) is 7.37. The average Bonchev–Trinajstić information content (AvgIpc) is 2.36. The van der Waals surface area contributed by atoms with Gasteiger partial charge in [-0.15, -0.1) is 4.47 Å². The first-order valence-electron chi connectivity index (χ1n) is 5.13. The van der Waals surface area contributed by atoms with Gasteiger partial charge in [0.1, 0.15) is 0 Å². The molecule has 17 heavy (non-hydrogen) atoms. The van der Waals surface area contributed by atoms with Gasteiger partial charge < -0.3 is 9.47 Å². The van der Waals surface area contributed by atoms with E-state index in [0.717, 1.165) is 34.6 Å². The highest BCUT2D eigenvalue weighted by atomic mass is 32.8. The average molecular weight is 272 g/mol. The minimum absolute atomic E-state index is 0.746. The fourth-order valence-electron chi connectivity index (χ4n) is 1.42. The minimum atomic E-state index is 0.746. The van der Waals surface area contributed by atoms with Crippen LogP contribution in [0.15, 0.2) is 22.7 Å². The number of nitrogens with zero attached hydrogens (tertiary/aromatic N) is 2. The Morgan fingerprint density at radius 2 is 2.00 bits per heavy atom. The summed E-state index contributed by atoms with van der Waals surface area (Å²) in [7, 11) is 6.22. The Bertz CT molecular complexity index is 420. The number of rotatable bonds is 6. The van der Waals surface area contributed by atoms with Gasteiger partial charge in [-0.05, 0) is 24.1 Å². The maximum absolute atomic E-state index is 5.25. The van der Waals surface area contributed by atoms with Gasteiger partial charge in [-0.25, -0.2) is 0 Å².